The van der Waals surface area contributed by atoms with Gasteiger partial charge in [0, 0.05) is 6.04 Å². The van der Waals surface area contributed by atoms with Crippen LogP contribution in [0.5, 0.6) is 0 Å². The van der Waals surface area contributed by atoms with Gasteiger partial charge in [-0.15, -0.1) is 0 Å². The lowest BCUT2D eigenvalue weighted by molar-refractivity contribution is 0.562. The number of halogens is 1. The van der Waals surface area contributed by atoms with E-state index >= 15 is 0 Å². The van der Waals surface area contributed by atoms with Gasteiger partial charge in [0.15, 0.2) is 9.84 Å². The maximum Gasteiger partial charge on any atom is 0.280 e. The predicted molar refractivity (Wildman–Crippen MR) is 67.9 cm³/mol. The lowest BCUT2D eigenvalue weighted by atomic mass is 10.2. The summed E-state index contributed by atoms with van der Waals surface area (Å²) in [5, 5.41) is 8.99. The molecule has 1 fully saturated rings. The minimum Gasteiger partial charge on any atom is -0.379 e. The Morgan fingerprint density at radius 1 is 1.53 bits per heavy atom. The van der Waals surface area contributed by atoms with E-state index < -0.39 is 9.84 Å². The van der Waals surface area contributed by atoms with E-state index in [0.717, 1.165) is 6.42 Å². The maximum atomic E-state index is 11.5. The summed E-state index contributed by atoms with van der Waals surface area (Å²) in [7, 11) is -2.96. The summed E-state index contributed by atoms with van der Waals surface area (Å²) in [4.78, 5) is 11.3. The van der Waals surface area contributed by atoms with Crippen LogP contribution in [0.3, 0.4) is 0 Å². The van der Waals surface area contributed by atoms with Gasteiger partial charge in [-0.1, -0.05) is 0 Å². The third-order valence-corrected chi connectivity index (χ3v) is 5.23. The second kappa shape index (κ2) is 4.77. The van der Waals surface area contributed by atoms with Crippen LogP contribution in [0.25, 0.3) is 0 Å². The molecule has 2 rings (SSSR count). The number of aromatic amines is 1. The largest absolute Gasteiger partial charge is 0.379 e. The summed E-state index contributed by atoms with van der Waals surface area (Å²) >= 11 is 3.14. The van der Waals surface area contributed by atoms with Crippen molar-refractivity contribution in [2.75, 3.05) is 16.8 Å². The van der Waals surface area contributed by atoms with Crippen molar-refractivity contribution in [2.24, 2.45) is 0 Å². The third-order valence-electron chi connectivity index (χ3n) is 2.62. The molecule has 1 aliphatic heterocycles. The monoisotopic (exact) mass is 321 g/mol. The topological polar surface area (TPSA) is 91.9 Å². The van der Waals surface area contributed by atoms with E-state index in [4.69, 9.17) is 0 Å². The number of nitrogens with one attached hydrogen (secondary N) is 2. The van der Waals surface area contributed by atoms with Crippen LogP contribution in [0.4, 0.5) is 5.69 Å². The first-order chi connectivity index (χ1) is 7.98. The average Bonchev–Trinajstić information content (AvgIpc) is 2.23. The van der Waals surface area contributed by atoms with Crippen LogP contribution in [0, 0.1) is 0 Å². The zero-order chi connectivity index (χ0) is 12.5. The smallest absolute Gasteiger partial charge is 0.280 e. The van der Waals surface area contributed by atoms with E-state index in [9.17, 15) is 13.2 Å². The lowest BCUT2D eigenvalue weighted by Gasteiger charge is -2.24. The molecule has 94 valence electrons. The highest BCUT2D eigenvalue weighted by Gasteiger charge is 2.25. The summed E-state index contributed by atoms with van der Waals surface area (Å²) in [6, 6.07) is -0.159. The first kappa shape index (κ1) is 12.6. The molecule has 2 heterocycles. The summed E-state index contributed by atoms with van der Waals surface area (Å²) in [5.41, 5.74) is 0.185. The lowest BCUT2D eigenvalue weighted by Crippen LogP contribution is -2.35. The van der Waals surface area contributed by atoms with E-state index in [1.807, 2.05) is 0 Å². The second-order valence-corrected chi connectivity index (χ2v) is 7.05. The molecule has 0 radical (unpaired) electrons. The van der Waals surface area contributed by atoms with Crippen LogP contribution in [-0.4, -0.2) is 36.2 Å². The first-order valence-electron chi connectivity index (χ1n) is 5.18. The zero-order valence-electron chi connectivity index (χ0n) is 8.94. The molecule has 17 heavy (non-hydrogen) atoms. The number of hydrogen-bond donors (Lipinski definition) is 2. The summed E-state index contributed by atoms with van der Waals surface area (Å²) < 4.78 is 23.3. The van der Waals surface area contributed by atoms with Crippen LogP contribution in [0.15, 0.2) is 15.5 Å². The Labute approximate surface area is 107 Å². The fourth-order valence-electron chi connectivity index (χ4n) is 1.84. The molecule has 0 spiro atoms. The molecular weight excluding hydrogens is 310 g/mol. The molecule has 8 heteroatoms. The molecule has 6 nitrogen and oxygen atoms in total. The van der Waals surface area contributed by atoms with Gasteiger partial charge in [0.05, 0.1) is 23.4 Å². The molecular formula is C9H12BrN3O3S. The number of aromatic nitrogens is 2. The van der Waals surface area contributed by atoms with Crippen LogP contribution in [0.2, 0.25) is 0 Å². The third kappa shape index (κ3) is 3.06. The fourth-order valence-corrected chi connectivity index (χ4v) is 3.78. The molecule has 1 aromatic rings. The average molecular weight is 322 g/mol. The molecule has 1 aliphatic rings. The molecule has 1 unspecified atom stereocenters. The Morgan fingerprint density at radius 3 is 3.00 bits per heavy atom. The van der Waals surface area contributed by atoms with Gasteiger partial charge in [0.1, 0.15) is 4.47 Å². The summed E-state index contributed by atoms with van der Waals surface area (Å²) in [6.45, 7) is 0. The van der Waals surface area contributed by atoms with E-state index in [0.29, 0.717) is 16.6 Å². The minimum absolute atomic E-state index is 0.103. The zero-order valence-corrected chi connectivity index (χ0v) is 11.3. The molecule has 0 aliphatic carbocycles. The van der Waals surface area contributed by atoms with Crippen molar-refractivity contribution >= 4 is 31.5 Å². The van der Waals surface area contributed by atoms with Gasteiger partial charge in [0.25, 0.3) is 5.56 Å². The molecule has 0 saturated carbocycles. The molecule has 0 amide bonds. The first-order valence-corrected chi connectivity index (χ1v) is 7.79. The number of nitrogens with zero attached hydrogens (tertiary/aromatic N) is 1. The highest BCUT2D eigenvalue weighted by Crippen LogP contribution is 2.20. The second-order valence-electron chi connectivity index (χ2n) is 4.02. The van der Waals surface area contributed by atoms with Crippen LogP contribution < -0.4 is 10.9 Å². The van der Waals surface area contributed by atoms with E-state index in [1.54, 1.807) is 0 Å². The Kier molecular flexibility index (Phi) is 3.53. The van der Waals surface area contributed by atoms with Gasteiger partial charge in [-0.2, -0.15) is 5.10 Å². The summed E-state index contributed by atoms with van der Waals surface area (Å²) in [5.74, 6) is 0.353. The van der Waals surface area contributed by atoms with Crippen molar-refractivity contribution in [3.8, 4) is 0 Å². The van der Waals surface area contributed by atoms with Crippen molar-refractivity contribution in [3.63, 3.8) is 0 Å². The number of sulfone groups is 1. The van der Waals surface area contributed by atoms with Crippen molar-refractivity contribution in [3.05, 3.63) is 21.0 Å². The molecule has 1 saturated heterocycles. The Morgan fingerprint density at radius 2 is 2.29 bits per heavy atom. The molecule has 2 N–H and O–H groups in total. The number of hydrogen-bond acceptors (Lipinski definition) is 5. The molecule has 1 atom stereocenters. The Bertz CT molecular complexity index is 569. The van der Waals surface area contributed by atoms with E-state index in [2.05, 4.69) is 31.4 Å². The SMILES string of the molecule is O=c1[nH]ncc(NC2CCCS(=O)(=O)C2)c1Br. The van der Waals surface area contributed by atoms with Gasteiger partial charge in [-0.25, -0.2) is 13.5 Å². The quantitative estimate of drug-likeness (QED) is 0.828. The fraction of sp³-hybridized carbons (Fsp3) is 0.556. The Hall–Kier alpha value is -0.890. The van der Waals surface area contributed by atoms with Crippen LogP contribution in [0.1, 0.15) is 12.8 Å². The van der Waals surface area contributed by atoms with Gasteiger partial charge in [0.2, 0.25) is 0 Å². The normalized spacial score (nSPS) is 23.2. The molecule has 0 bridgehead atoms. The molecule has 0 aromatic carbocycles. The standard InChI is InChI=1S/C9H12BrN3O3S/c10-8-7(4-11-13-9(8)14)12-6-2-1-3-17(15,16)5-6/h4,6H,1-3,5H2,(H2,12,13,14). The van der Waals surface area contributed by atoms with Crippen molar-refractivity contribution in [1.82, 2.24) is 10.2 Å². The van der Waals surface area contributed by atoms with E-state index in [-0.39, 0.29) is 23.1 Å². The minimum atomic E-state index is -2.96. The predicted octanol–water partition coefficient (Wildman–Crippen LogP) is 0.521. The van der Waals surface area contributed by atoms with E-state index in [1.165, 1.54) is 6.20 Å². The van der Waals surface area contributed by atoms with Gasteiger partial charge in [-0.3, -0.25) is 4.79 Å². The summed E-state index contributed by atoms with van der Waals surface area (Å²) in [6.07, 6.45) is 2.89. The number of H-pyrrole nitrogens is 1. The van der Waals surface area contributed by atoms with Gasteiger partial charge >= 0.3 is 0 Å². The van der Waals surface area contributed by atoms with Crippen molar-refractivity contribution in [2.45, 2.75) is 18.9 Å². The molecule has 1 aromatic heterocycles. The Balaban J connectivity index is 2.16. The highest BCUT2D eigenvalue weighted by atomic mass is 79.9. The van der Waals surface area contributed by atoms with Crippen molar-refractivity contribution < 1.29 is 8.42 Å². The van der Waals surface area contributed by atoms with Crippen molar-refractivity contribution in [1.29, 1.82) is 0 Å². The maximum absolute atomic E-state index is 11.5. The van der Waals surface area contributed by atoms with Crippen LogP contribution >= 0.6 is 15.9 Å². The highest BCUT2D eigenvalue weighted by molar-refractivity contribution is 9.10. The number of rotatable bonds is 2. The van der Waals surface area contributed by atoms with Gasteiger partial charge < -0.3 is 5.32 Å². The number of anilines is 1. The van der Waals surface area contributed by atoms with Gasteiger partial charge in [-0.05, 0) is 28.8 Å². The van der Waals surface area contributed by atoms with Crippen LogP contribution in [-0.2, 0) is 9.84 Å².